The predicted molar refractivity (Wildman–Crippen MR) is 99.6 cm³/mol. The van der Waals surface area contributed by atoms with Crippen LogP contribution in [0.25, 0.3) is 0 Å². The van der Waals surface area contributed by atoms with Gasteiger partial charge in [-0.25, -0.2) is 0 Å². The van der Waals surface area contributed by atoms with E-state index in [9.17, 15) is 9.59 Å². The first-order valence-electron chi connectivity index (χ1n) is 8.62. The van der Waals surface area contributed by atoms with E-state index in [1.807, 2.05) is 31.3 Å². The van der Waals surface area contributed by atoms with E-state index >= 15 is 0 Å². The number of Topliss-reactive ketones (excluding diaryl/α,β-unsaturated/α-hetero) is 1. The van der Waals surface area contributed by atoms with Crippen LogP contribution in [0, 0.1) is 12.8 Å². The van der Waals surface area contributed by atoms with E-state index < -0.39 is 11.7 Å². The molecule has 1 unspecified atom stereocenters. The molecule has 25 heavy (non-hydrogen) atoms. The fourth-order valence-corrected chi connectivity index (χ4v) is 3.72. The third-order valence-corrected chi connectivity index (χ3v) is 4.86. The van der Waals surface area contributed by atoms with Gasteiger partial charge in [-0.2, -0.15) is 0 Å². The second-order valence-corrected chi connectivity index (χ2v) is 7.02. The van der Waals surface area contributed by atoms with Gasteiger partial charge in [0.15, 0.2) is 0 Å². The lowest BCUT2D eigenvalue weighted by Crippen LogP contribution is -2.42. The Morgan fingerprint density at radius 3 is 2.32 bits per heavy atom. The fraction of sp³-hybridized carbons (Fsp3) is 0.333. The molecular weight excluding hydrogens is 312 g/mol. The summed E-state index contributed by atoms with van der Waals surface area (Å²) in [5, 5.41) is 0. The predicted octanol–water partition coefficient (Wildman–Crippen LogP) is 3.81. The van der Waals surface area contributed by atoms with Gasteiger partial charge in [0.1, 0.15) is 0 Å². The van der Waals surface area contributed by atoms with Gasteiger partial charge in [0.05, 0.1) is 17.9 Å². The highest BCUT2D eigenvalue weighted by atomic mass is 16.2. The molecule has 1 aliphatic rings. The van der Waals surface area contributed by atoms with Crippen molar-refractivity contribution in [3.8, 4) is 0 Å². The van der Waals surface area contributed by atoms with E-state index in [1.165, 1.54) is 11.1 Å². The van der Waals surface area contributed by atoms with Crippen LogP contribution in [-0.4, -0.2) is 30.3 Å². The molecule has 1 amide bonds. The van der Waals surface area contributed by atoms with Crippen molar-refractivity contribution in [3.05, 3.63) is 65.2 Å². The molecule has 0 aromatic heterocycles. The Kier molecular flexibility index (Phi) is 4.73. The van der Waals surface area contributed by atoms with Crippen LogP contribution in [-0.2, 0) is 4.79 Å². The Balaban J connectivity index is 1.90. The molecule has 1 atom stereocenters. The molecule has 0 fully saturated rings. The number of carbonyl (C=O) groups excluding carboxylic acids is 2. The standard InChI is InChI=1S/C21H24N2O2/c1-14(2)19(16-10-6-5-9-15(16)3)22(4)13-23-18-12-8-7-11-17(18)20(24)21(23)25/h5-12,14,19H,13H2,1-4H3. The van der Waals surface area contributed by atoms with Gasteiger partial charge in [0.25, 0.3) is 5.78 Å². The number of nitrogens with zero attached hydrogens (tertiary/aromatic N) is 2. The van der Waals surface area contributed by atoms with Crippen LogP contribution in [0.5, 0.6) is 0 Å². The van der Waals surface area contributed by atoms with Crippen LogP contribution in [0.1, 0.15) is 41.4 Å². The fourth-order valence-electron chi connectivity index (χ4n) is 3.72. The SMILES string of the molecule is Cc1ccccc1C(C(C)C)N(C)CN1C(=O)C(=O)c2ccccc21. The zero-order chi connectivity index (χ0) is 18.1. The van der Waals surface area contributed by atoms with Crippen LogP contribution < -0.4 is 4.90 Å². The van der Waals surface area contributed by atoms with Crippen LogP contribution >= 0.6 is 0 Å². The van der Waals surface area contributed by atoms with Crippen molar-refractivity contribution in [1.82, 2.24) is 4.90 Å². The molecule has 4 heteroatoms. The summed E-state index contributed by atoms with van der Waals surface area (Å²) in [6, 6.07) is 15.7. The minimum atomic E-state index is -0.444. The molecule has 0 saturated heterocycles. The molecule has 4 nitrogen and oxygen atoms in total. The van der Waals surface area contributed by atoms with Crippen LogP contribution in [0.3, 0.4) is 0 Å². The van der Waals surface area contributed by atoms with Gasteiger partial charge in [0, 0.05) is 6.04 Å². The molecule has 0 aliphatic carbocycles. The first kappa shape index (κ1) is 17.4. The molecule has 0 spiro atoms. The number of rotatable bonds is 5. The van der Waals surface area contributed by atoms with Gasteiger partial charge in [-0.15, -0.1) is 0 Å². The number of hydrogen-bond donors (Lipinski definition) is 0. The van der Waals surface area contributed by atoms with Crippen LogP contribution in [0.4, 0.5) is 5.69 Å². The molecule has 0 radical (unpaired) electrons. The Morgan fingerprint density at radius 1 is 1.00 bits per heavy atom. The van der Waals surface area contributed by atoms with Gasteiger partial charge in [-0.05, 0) is 43.1 Å². The van der Waals surface area contributed by atoms with Gasteiger partial charge in [-0.3, -0.25) is 19.4 Å². The number of anilines is 1. The van der Waals surface area contributed by atoms with Crippen molar-refractivity contribution in [2.24, 2.45) is 5.92 Å². The van der Waals surface area contributed by atoms with E-state index in [2.05, 4.69) is 37.8 Å². The summed E-state index contributed by atoms with van der Waals surface area (Å²) < 4.78 is 0. The number of aryl methyl sites for hydroxylation is 1. The molecular formula is C21H24N2O2. The highest BCUT2D eigenvalue weighted by molar-refractivity contribution is 6.52. The Bertz CT molecular complexity index is 813. The minimum Gasteiger partial charge on any atom is -0.291 e. The molecule has 0 bridgehead atoms. The number of para-hydroxylation sites is 1. The van der Waals surface area contributed by atoms with Crippen molar-refractivity contribution in [2.75, 3.05) is 18.6 Å². The van der Waals surface area contributed by atoms with Crippen molar-refractivity contribution >= 4 is 17.4 Å². The van der Waals surface area contributed by atoms with Gasteiger partial charge < -0.3 is 0 Å². The van der Waals surface area contributed by atoms with E-state index in [0.717, 1.165) is 0 Å². The van der Waals surface area contributed by atoms with E-state index in [4.69, 9.17) is 0 Å². The summed E-state index contributed by atoms with van der Waals surface area (Å²) in [6.45, 7) is 6.86. The van der Waals surface area contributed by atoms with E-state index in [0.29, 0.717) is 23.8 Å². The third kappa shape index (κ3) is 3.10. The topological polar surface area (TPSA) is 40.6 Å². The smallest absolute Gasteiger partial charge is 0.291 e. The molecule has 2 aromatic rings. The zero-order valence-electron chi connectivity index (χ0n) is 15.2. The number of ketones is 1. The minimum absolute atomic E-state index is 0.164. The maximum Gasteiger partial charge on any atom is 0.300 e. The molecule has 130 valence electrons. The van der Waals surface area contributed by atoms with E-state index in [-0.39, 0.29) is 6.04 Å². The summed E-state index contributed by atoms with van der Waals surface area (Å²) in [4.78, 5) is 28.4. The summed E-state index contributed by atoms with van der Waals surface area (Å²) in [5.41, 5.74) is 3.69. The quantitative estimate of drug-likeness (QED) is 0.780. The van der Waals surface area contributed by atoms with Crippen LogP contribution in [0.2, 0.25) is 0 Å². The third-order valence-electron chi connectivity index (χ3n) is 4.86. The normalized spacial score (nSPS) is 15.2. The lowest BCUT2D eigenvalue weighted by atomic mass is 9.92. The van der Waals surface area contributed by atoms with Crippen molar-refractivity contribution in [1.29, 1.82) is 0 Å². The maximum atomic E-state index is 12.4. The lowest BCUT2D eigenvalue weighted by molar-refractivity contribution is -0.114. The molecule has 1 aliphatic heterocycles. The van der Waals surface area contributed by atoms with Gasteiger partial charge >= 0.3 is 5.91 Å². The van der Waals surface area contributed by atoms with Crippen LogP contribution in [0.15, 0.2) is 48.5 Å². The average molecular weight is 336 g/mol. The molecule has 1 heterocycles. The highest BCUT2D eigenvalue weighted by Gasteiger charge is 2.37. The van der Waals surface area contributed by atoms with Crippen molar-refractivity contribution in [3.63, 3.8) is 0 Å². The second kappa shape index (κ2) is 6.81. The first-order valence-corrected chi connectivity index (χ1v) is 8.62. The molecule has 0 saturated carbocycles. The largest absolute Gasteiger partial charge is 0.300 e. The van der Waals surface area contributed by atoms with Crippen molar-refractivity contribution in [2.45, 2.75) is 26.8 Å². The maximum absolute atomic E-state index is 12.4. The monoisotopic (exact) mass is 336 g/mol. The summed E-state index contributed by atoms with van der Waals surface area (Å²) in [5.74, 6) is -0.490. The van der Waals surface area contributed by atoms with E-state index in [1.54, 1.807) is 17.0 Å². The Morgan fingerprint density at radius 2 is 1.64 bits per heavy atom. The lowest BCUT2D eigenvalue weighted by Gasteiger charge is -2.35. The summed E-state index contributed by atoms with van der Waals surface area (Å²) in [7, 11) is 2.01. The Hall–Kier alpha value is -2.46. The molecule has 0 N–H and O–H groups in total. The summed E-state index contributed by atoms with van der Waals surface area (Å²) in [6.07, 6.45) is 0. The van der Waals surface area contributed by atoms with Gasteiger partial charge in [0.2, 0.25) is 0 Å². The number of hydrogen-bond acceptors (Lipinski definition) is 3. The first-order chi connectivity index (χ1) is 11.9. The zero-order valence-corrected chi connectivity index (χ0v) is 15.2. The second-order valence-electron chi connectivity index (χ2n) is 7.02. The van der Waals surface area contributed by atoms with Crippen molar-refractivity contribution < 1.29 is 9.59 Å². The highest BCUT2D eigenvalue weighted by Crippen LogP contribution is 2.33. The van der Waals surface area contributed by atoms with Gasteiger partial charge in [-0.1, -0.05) is 50.2 Å². The number of carbonyl (C=O) groups is 2. The Labute approximate surface area is 149 Å². The summed E-state index contributed by atoms with van der Waals surface area (Å²) >= 11 is 0. The number of benzene rings is 2. The molecule has 2 aromatic carbocycles. The number of amides is 1. The number of fused-ring (bicyclic) bond motifs is 1. The molecule has 3 rings (SSSR count). The average Bonchev–Trinajstić information content (AvgIpc) is 2.82.